The van der Waals surface area contributed by atoms with Crippen LogP contribution < -0.4 is 5.32 Å². The van der Waals surface area contributed by atoms with Gasteiger partial charge in [-0.1, -0.05) is 22.9 Å². The van der Waals surface area contributed by atoms with Crippen LogP contribution in [0.15, 0.2) is 22.7 Å². The third-order valence-electron chi connectivity index (χ3n) is 2.66. The Bertz CT molecular complexity index is 517. The number of benzene rings is 1. The van der Waals surface area contributed by atoms with Crippen LogP contribution in [0, 0.1) is 6.92 Å². The first-order chi connectivity index (χ1) is 8.61. The van der Waals surface area contributed by atoms with Gasteiger partial charge < -0.3 is 5.32 Å². The average Bonchev–Trinajstić information content (AvgIpc) is 2.76. The molecule has 0 amide bonds. The van der Waals surface area contributed by atoms with Gasteiger partial charge in [0.25, 0.3) is 0 Å². The number of nitrogens with zero attached hydrogens (tertiary/aromatic N) is 4. The maximum Gasteiger partial charge on any atom is 0.173 e. The number of rotatable bonds is 4. The van der Waals surface area contributed by atoms with E-state index in [2.05, 4.69) is 62.8 Å². The summed E-state index contributed by atoms with van der Waals surface area (Å²) < 4.78 is 2.79. The van der Waals surface area contributed by atoms with E-state index >= 15 is 0 Å². The Hall–Kier alpha value is -1.27. The summed E-state index contributed by atoms with van der Waals surface area (Å²) in [7, 11) is 0. The second-order valence-corrected chi connectivity index (χ2v) is 5.13. The normalized spacial score (nSPS) is 12.7. The summed E-state index contributed by atoms with van der Waals surface area (Å²) in [5, 5.41) is 15.2. The molecular weight excluding hydrogens is 294 g/mol. The molecule has 18 heavy (non-hydrogen) atoms. The SMILES string of the molecule is CCNC(C)c1nnnn1-c1cc(C)cc(Br)c1. The van der Waals surface area contributed by atoms with Gasteiger partial charge >= 0.3 is 0 Å². The summed E-state index contributed by atoms with van der Waals surface area (Å²) in [6, 6.07) is 6.24. The standard InChI is InChI=1S/C12H16BrN5/c1-4-14-9(3)12-15-16-17-18(12)11-6-8(2)5-10(13)7-11/h5-7,9,14H,4H2,1-3H3. The predicted molar refractivity (Wildman–Crippen MR) is 73.7 cm³/mol. The van der Waals surface area contributed by atoms with E-state index in [9.17, 15) is 0 Å². The van der Waals surface area contributed by atoms with E-state index in [0.29, 0.717) is 0 Å². The van der Waals surface area contributed by atoms with Crippen LogP contribution in [0.5, 0.6) is 0 Å². The zero-order valence-corrected chi connectivity index (χ0v) is 12.3. The third kappa shape index (κ3) is 2.76. The molecule has 2 aromatic rings. The molecule has 1 heterocycles. The first-order valence-corrected chi connectivity index (χ1v) is 6.70. The molecule has 0 fully saturated rings. The zero-order chi connectivity index (χ0) is 13.1. The van der Waals surface area contributed by atoms with Gasteiger partial charge in [0.05, 0.1) is 11.7 Å². The van der Waals surface area contributed by atoms with Gasteiger partial charge in [-0.25, -0.2) is 0 Å². The van der Waals surface area contributed by atoms with Crippen molar-refractivity contribution >= 4 is 15.9 Å². The minimum absolute atomic E-state index is 0.115. The Morgan fingerprint density at radius 2 is 2.17 bits per heavy atom. The van der Waals surface area contributed by atoms with Crippen LogP contribution in [0.3, 0.4) is 0 Å². The predicted octanol–water partition coefficient (Wildman–Crippen LogP) is 2.40. The monoisotopic (exact) mass is 309 g/mol. The molecule has 2 rings (SSSR count). The number of hydrogen-bond donors (Lipinski definition) is 1. The Balaban J connectivity index is 2.42. The first-order valence-electron chi connectivity index (χ1n) is 5.91. The topological polar surface area (TPSA) is 55.6 Å². The molecule has 0 aliphatic carbocycles. The molecule has 0 aliphatic heterocycles. The highest BCUT2D eigenvalue weighted by Crippen LogP contribution is 2.20. The lowest BCUT2D eigenvalue weighted by atomic mass is 10.2. The quantitative estimate of drug-likeness (QED) is 0.942. The molecule has 1 unspecified atom stereocenters. The van der Waals surface area contributed by atoms with Crippen LogP contribution in [0.4, 0.5) is 0 Å². The largest absolute Gasteiger partial charge is 0.308 e. The van der Waals surface area contributed by atoms with Gasteiger partial charge in [0.1, 0.15) is 0 Å². The molecule has 1 aromatic heterocycles. The second kappa shape index (κ2) is 5.58. The van der Waals surface area contributed by atoms with E-state index in [1.54, 1.807) is 4.68 Å². The van der Waals surface area contributed by atoms with Gasteiger partial charge in [-0.3, -0.25) is 0 Å². The van der Waals surface area contributed by atoms with Crippen molar-refractivity contribution in [2.45, 2.75) is 26.8 Å². The highest BCUT2D eigenvalue weighted by molar-refractivity contribution is 9.10. The molecule has 0 saturated heterocycles. The van der Waals surface area contributed by atoms with Crippen LogP contribution in [0.1, 0.15) is 31.3 Å². The summed E-state index contributed by atoms with van der Waals surface area (Å²) in [5.41, 5.74) is 2.13. The Morgan fingerprint density at radius 3 is 2.83 bits per heavy atom. The van der Waals surface area contributed by atoms with Crippen molar-refractivity contribution in [1.29, 1.82) is 0 Å². The average molecular weight is 310 g/mol. The summed E-state index contributed by atoms with van der Waals surface area (Å²) in [6.07, 6.45) is 0. The van der Waals surface area contributed by atoms with E-state index in [0.717, 1.165) is 28.1 Å². The van der Waals surface area contributed by atoms with Gasteiger partial charge in [-0.15, -0.1) is 5.10 Å². The number of tetrazole rings is 1. The molecule has 0 radical (unpaired) electrons. The molecule has 1 atom stereocenters. The van der Waals surface area contributed by atoms with E-state index in [4.69, 9.17) is 0 Å². The van der Waals surface area contributed by atoms with Crippen molar-refractivity contribution in [2.24, 2.45) is 0 Å². The Morgan fingerprint density at radius 1 is 1.39 bits per heavy atom. The number of nitrogens with one attached hydrogen (secondary N) is 1. The Labute approximate surface area is 115 Å². The summed E-state index contributed by atoms with van der Waals surface area (Å²) in [4.78, 5) is 0. The minimum Gasteiger partial charge on any atom is -0.308 e. The van der Waals surface area contributed by atoms with Gasteiger partial charge in [0, 0.05) is 4.47 Å². The molecule has 1 N–H and O–H groups in total. The number of hydrogen-bond acceptors (Lipinski definition) is 4. The second-order valence-electron chi connectivity index (χ2n) is 4.22. The highest BCUT2D eigenvalue weighted by Gasteiger charge is 2.15. The Kier molecular flexibility index (Phi) is 4.08. The van der Waals surface area contributed by atoms with Crippen LogP contribution >= 0.6 is 15.9 Å². The van der Waals surface area contributed by atoms with Crippen LogP contribution in [0.2, 0.25) is 0 Å². The number of aryl methyl sites for hydroxylation is 1. The van der Waals surface area contributed by atoms with E-state index in [-0.39, 0.29) is 6.04 Å². The minimum atomic E-state index is 0.115. The van der Waals surface area contributed by atoms with Crippen molar-refractivity contribution in [1.82, 2.24) is 25.5 Å². The molecule has 0 aliphatic rings. The van der Waals surface area contributed by atoms with Crippen LogP contribution in [0.25, 0.3) is 5.69 Å². The highest BCUT2D eigenvalue weighted by atomic mass is 79.9. The maximum atomic E-state index is 4.09. The summed E-state index contributed by atoms with van der Waals surface area (Å²) in [6.45, 7) is 7.04. The molecule has 1 aromatic carbocycles. The fourth-order valence-corrected chi connectivity index (χ4v) is 2.48. The van der Waals surface area contributed by atoms with Gasteiger partial charge in [-0.05, 0) is 54.6 Å². The van der Waals surface area contributed by atoms with Gasteiger partial charge in [0.15, 0.2) is 5.82 Å². The maximum absolute atomic E-state index is 4.09. The van der Waals surface area contributed by atoms with Crippen molar-refractivity contribution in [2.75, 3.05) is 6.54 Å². The van der Waals surface area contributed by atoms with Gasteiger partial charge in [-0.2, -0.15) is 4.68 Å². The van der Waals surface area contributed by atoms with Crippen molar-refractivity contribution in [3.63, 3.8) is 0 Å². The van der Waals surface area contributed by atoms with Crippen molar-refractivity contribution in [3.8, 4) is 5.69 Å². The zero-order valence-electron chi connectivity index (χ0n) is 10.7. The third-order valence-corrected chi connectivity index (χ3v) is 3.12. The molecule has 6 heteroatoms. The van der Waals surface area contributed by atoms with Gasteiger partial charge in [0.2, 0.25) is 0 Å². The van der Waals surface area contributed by atoms with E-state index in [1.165, 1.54) is 0 Å². The number of halogens is 1. The summed E-state index contributed by atoms with van der Waals surface area (Å²) in [5.74, 6) is 0.814. The van der Waals surface area contributed by atoms with Crippen LogP contribution in [-0.4, -0.2) is 26.8 Å². The molecule has 0 saturated carbocycles. The molecule has 5 nitrogen and oxygen atoms in total. The van der Waals surface area contributed by atoms with Crippen molar-refractivity contribution < 1.29 is 0 Å². The summed E-state index contributed by atoms with van der Waals surface area (Å²) >= 11 is 3.49. The molecule has 0 bridgehead atoms. The van der Waals surface area contributed by atoms with Crippen molar-refractivity contribution in [3.05, 3.63) is 34.1 Å². The smallest absolute Gasteiger partial charge is 0.173 e. The lowest BCUT2D eigenvalue weighted by molar-refractivity contribution is 0.550. The lowest BCUT2D eigenvalue weighted by Gasteiger charge is -2.12. The molecular formula is C12H16BrN5. The fraction of sp³-hybridized carbons (Fsp3) is 0.417. The van der Waals surface area contributed by atoms with E-state index < -0.39 is 0 Å². The fourth-order valence-electron chi connectivity index (χ4n) is 1.88. The molecule has 96 valence electrons. The number of aromatic nitrogens is 4. The molecule has 0 spiro atoms. The first kappa shape index (κ1) is 13.2. The van der Waals surface area contributed by atoms with E-state index in [1.807, 2.05) is 13.0 Å². The van der Waals surface area contributed by atoms with Crippen LogP contribution in [-0.2, 0) is 0 Å². The lowest BCUT2D eigenvalue weighted by Crippen LogP contribution is -2.21.